The van der Waals surface area contributed by atoms with Crippen LogP contribution in [0.5, 0.6) is 0 Å². The summed E-state index contributed by atoms with van der Waals surface area (Å²) >= 11 is 4.29. The first-order valence-corrected chi connectivity index (χ1v) is 30.1. The summed E-state index contributed by atoms with van der Waals surface area (Å²) in [4.78, 5) is 131. The number of hydrogen-bond acceptors (Lipinski definition) is 14. The quantitative estimate of drug-likeness (QED) is 0.0608. The van der Waals surface area contributed by atoms with Crippen LogP contribution in [0.1, 0.15) is 117 Å². The van der Waals surface area contributed by atoms with Gasteiger partial charge in [-0.25, -0.2) is 29.1 Å². The largest absolute Gasteiger partial charge is 0.451 e. The number of amides is 4. The van der Waals surface area contributed by atoms with Crippen LogP contribution in [0.4, 0.5) is 0 Å². The Morgan fingerprint density at radius 3 is 0.927 bits per heavy atom. The topological polar surface area (TPSA) is 222 Å². The molecule has 448 valence electrons. The summed E-state index contributed by atoms with van der Waals surface area (Å²) in [6, 6.07) is 9.69. The second-order valence-electron chi connectivity index (χ2n) is 23.1. The van der Waals surface area contributed by atoms with E-state index in [1.54, 1.807) is 12.4 Å². The number of carbonyl (C=O) groups excluding carboxylic acids is 8. The van der Waals surface area contributed by atoms with Crippen molar-refractivity contribution in [2.75, 3.05) is 28.2 Å². The van der Waals surface area contributed by atoms with Crippen LogP contribution in [0.2, 0.25) is 0 Å². The van der Waals surface area contributed by atoms with Crippen molar-refractivity contribution in [3.05, 3.63) is 103 Å². The summed E-state index contributed by atoms with van der Waals surface area (Å²) in [6.45, 7) is 18.6. The number of benzene rings is 2. The normalized spacial score (nSPS) is 23.0. The number of carbonyl (C=O) groups is 8. The molecule has 2 aromatic heterocycles. The Morgan fingerprint density at radius 2 is 0.671 bits per heavy atom. The van der Waals surface area contributed by atoms with E-state index in [4.69, 9.17) is 18.9 Å². The lowest BCUT2D eigenvalue weighted by Gasteiger charge is -2.35. The third kappa shape index (κ3) is 18.5. The molecule has 0 bridgehead atoms. The lowest BCUT2D eigenvalue weighted by atomic mass is 9.99. The van der Waals surface area contributed by atoms with Gasteiger partial charge in [0.25, 0.3) is 23.6 Å². The Hall–Kier alpha value is -5.92. The van der Waals surface area contributed by atoms with Gasteiger partial charge in [-0.3, -0.25) is 19.2 Å². The predicted molar refractivity (Wildman–Crippen MR) is 323 cm³/mol. The van der Waals surface area contributed by atoms with Crippen LogP contribution in [0, 0.1) is 31.3 Å². The van der Waals surface area contributed by atoms with Gasteiger partial charge >= 0.3 is 23.9 Å². The van der Waals surface area contributed by atoms with Crippen molar-refractivity contribution < 1.29 is 57.3 Å². The zero-order valence-electron chi connectivity index (χ0n) is 49.7. The first-order chi connectivity index (χ1) is 38.6. The second kappa shape index (κ2) is 30.6. The van der Waals surface area contributed by atoms with Gasteiger partial charge in [-0.05, 0) is 131 Å². The van der Waals surface area contributed by atoms with Crippen molar-refractivity contribution in [3.8, 4) is 0 Å². The molecule has 2 aromatic carbocycles. The van der Waals surface area contributed by atoms with Gasteiger partial charge in [0.05, 0.1) is 0 Å². The predicted octanol–water partition coefficient (Wildman–Crippen LogP) is 7.36. The molecular formula is C60H82I2N8O12. The van der Waals surface area contributed by atoms with E-state index in [0.717, 1.165) is 38.4 Å². The molecule has 8 atom stereocenters. The van der Waals surface area contributed by atoms with E-state index >= 15 is 9.59 Å². The van der Waals surface area contributed by atoms with Gasteiger partial charge in [-0.1, -0.05) is 104 Å². The van der Waals surface area contributed by atoms with Gasteiger partial charge in [0.2, 0.25) is 0 Å². The smallest absolute Gasteiger partial charge is 0.329 e. The minimum atomic E-state index is -1.53. The fourth-order valence-electron chi connectivity index (χ4n) is 9.72. The van der Waals surface area contributed by atoms with E-state index in [1.165, 1.54) is 42.0 Å². The van der Waals surface area contributed by atoms with Crippen molar-refractivity contribution in [1.82, 2.24) is 38.7 Å². The van der Waals surface area contributed by atoms with E-state index in [9.17, 15) is 28.8 Å². The van der Waals surface area contributed by atoms with Crippen LogP contribution in [-0.2, 0) is 83.2 Å². The molecule has 4 aromatic rings. The average Bonchev–Trinajstić information content (AvgIpc) is 4.03. The number of likely N-dealkylation sites (N-methyl/N-ethyl adjacent to an activating group) is 4. The number of ether oxygens (including phenoxy) is 4. The molecule has 1 saturated heterocycles. The molecule has 0 unspecified atom stereocenters. The minimum Gasteiger partial charge on any atom is -0.451 e. The van der Waals surface area contributed by atoms with Crippen LogP contribution in [0.15, 0.2) is 73.3 Å². The summed E-state index contributed by atoms with van der Waals surface area (Å²) in [5.41, 5.74) is 3.13. The molecule has 22 heteroatoms. The molecule has 1 aliphatic rings. The molecule has 0 radical (unpaired) electrons. The highest BCUT2D eigenvalue weighted by Gasteiger charge is 2.43. The molecule has 1 fully saturated rings. The molecule has 20 nitrogen and oxygen atoms in total. The highest BCUT2D eigenvalue weighted by atomic mass is 127. The summed E-state index contributed by atoms with van der Waals surface area (Å²) in [6.07, 6.45) is 1.19. The lowest BCUT2D eigenvalue weighted by molar-refractivity contribution is -0.176. The minimum absolute atomic E-state index is 0.0843. The number of esters is 4. The van der Waals surface area contributed by atoms with Crippen molar-refractivity contribution >= 4 is 92.7 Å². The Balaban J connectivity index is 1.59. The molecule has 0 N–H and O–H groups in total. The van der Waals surface area contributed by atoms with E-state index in [-0.39, 0.29) is 62.2 Å². The van der Waals surface area contributed by atoms with Gasteiger partial charge in [0.15, 0.2) is 32.1 Å². The fraction of sp³-hybridized carbons (Fsp3) is 0.567. The number of cyclic esters (lactones) is 4. The highest BCUT2D eigenvalue weighted by molar-refractivity contribution is 14.1. The fourth-order valence-corrected chi connectivity index (χ4v) is 10.7. The number of halogens is 2. The zero-order valence-corrected chi connectivity index (χ0v) is 54.1. The monoisotopic (exact) mass is 1360 g/mol. The number of imidazole rings is 2. The van der Waals surface area contributed by atoms with E-state index in [1.807, 2.05) is 125 Å². The SMILES string of the molecule is CC(C)C[C@H]1C(=O)O[C@H](Cc2ccc(Cn3ccnc3I)cc2)C(=O)N(C)[C@@H](CC(C)C)C(=O)O[C@H](C)C(=O)N(C)[C@@H](CC(C)C)C(=O)O[C@H](Cc2ccc(Cn3ccnc3I)cc2)C(=O)N(C)[C@@H](CC(C)C)C(=O)O[C@H](C)C(=O)N1C. The maximum absolute atomic E-state index is 15.0. The zero-order chi connectivity index (χ0) is 60.9. The Labute approximate surface area is 510 Å². The molecular weight excluding hydrogens is 1280 g/mol. The Morgan fingerprint density at radius 1 is 0.415 bits per heavy atom. The van der Waals surface area contributed by atoms with Gasteiger partial charge in [0, 0.05) is 78.9 Å². The third-order valence-corrected chi connectivity index (χ3v) is 16.2. The van der Waals surface area contributed by atoms with Crippen molar-refractivity contribution in [2.45, 2.75) is 169 Å². The summed E-state index contributed by atoms with van der Waals surface area (Å²) in [5.74, 6) is -7.40. The van der Waals surface area contributed by atoms with E-state index < -0.39 is 96.1 Å². The number of aromatic nitrogens is 4. The van der Waals surface area contributed by atoms with Crippen molar-refractivity contribution in [3.63, 3.8) is 0 Å². The highest BCUT2D eigenvalue weighted by Crippen LogP contribution is 2.25. The molecule has 0 spiro atoms. The van der Waals surface area contributed by atoms with Crippen LogP contribution >= 0.6 is 45.2 Å². The first-order valence-electron chi connectivity index (χ1n) is 27.9. The molecule has 82 heavy (non-hydrogen) atoms. The molecule has 3 heterocycles. The lowest BCUT2D eigenvalue weighted by Crippen LogP contribution is -2.55. The van der Waals surface area contributed by atoms with E-state index in [2.05, 4.69) is 55.1 Å². The molecule has 5 rings (SSSR count). The second-order valence-corrected chi connectivity index (χ2v) is 25.0. The maximum Gasteiger partial charge on any atom is 0.329 e. The first kappa shape index (κ1) is 66.9. The molecule has 1 aliphatic heterocycles. The van der Waals surface area contributed by atoms with Gasteiger partial charge in [-0.2, -0.15) is 0 Å². The number of nitrogens with zero attached hydrogens (tertiary/aromatic N) is 8. The Bertz CT molecular complexity index is 2630. The van der Waals surface area contributed by atoms with E-state index in [0.29, 0.717) is 24.2 Å². The average molecular weight is 1360 g/mol. The van der Waals surface area contributed by atoms with Gasteiger partial charge in [0.1, 0.15) is 24.2 Å². The van der Waals surface area contributed by atoms with Crippen molar-refractivity contribution in [2.24, 2.45) is 23.7 Å². The summed E-state index contributed by atoms with van der Waals surface area (Å²) in [5, 5.41) is 0. The molecule has 4 amide bonds. The van der Waals surface area contributed by atoms with Crippen LogP contribution in [0.25, 0.3) is 0 Å². The van der Waals surface area contributed by atoms with Crippen LogP contribution in [-0.4, -0.2) is 163 Å². The molecule has 0 saturated carbocycles. The molecule has 0 aliphatic carbocycles. The Kier molecular flexibility index (Phi) is 24.9. The van der Waals surface area contributed by atoms with Crippen molar-refractivity contribution in [1.29, 1.82) is 0 Å². The van der Waals surface area contributed by atoms with Crippen LogP contribution < -0.4 is 0 Å². The van der Waals surface area contributed by atoms with Gasteiger partial charge < -0.3 is 47.7 Å². The van der Waals surface area contributed by atoms with Crippen LogP contribution in [0.3, 0.4) is 0 Å². The maximum atomic E-state index is 15.0. The number of rotatable bonds is 16. The third-order valence-electron chi connectivity index (χ3n) is 14.4. The summed E-state index contributed by atoms with van der Waals surface area (Å²) in [7, 11) is 5.58. The van der Waals surface area contributed by atoms with Gasteiger partial charge in [-0.15, -0.1) is 0 Å². The standard InChI is InChI=1S/C60H82I2N8O12/c1-35(2)27-45-55(75)79-39(9)51(71)65(11)48(30-38(7)8)58(78)82-50(32-42-17-21-44(22-18-42)34-70-26-24-64-60(70)62)54(74)68(14)46(28-36(3)4)56(76)80-40(10)52(72)66(12)47(29-37(5)6)57(77)81-49(53(73)67(45)13)31-41-15-19-43(20-16-41)33-69-25-23-63-59(69)61/h15-26,35-40,45-50H,27-34H2,1-14H3/t39-,40-,45+,46+,47+,48+,49-,50-/m1/s1. The summed E-state index contributed by atoms with van der Waals surface area (Å²) < 4.78 is 29.8. The number of hydrogen-bond donors (Lipinski definition) is 0.